The van der Waals surface area contributed by atoms with Gasteiger partial charge in [-0.3, -0.25) is 19.8 Å². The summed E-state index contributed by atoms with van der Waals surface area (Å²) in [5.74, 6) is 6.84. The molecule has 0 fully saturated rings. The van der Waals surface area contributed by atoms with Gasteiger partial charge in [0.15, 0.2) is 17.8 Å². The van der Waals surface area contributed by atoms with E-state index < -0.39 is 5.91 Å². The average molecular weight is 1530 g/mol. The molecule has 0 aliphatic heterocycles. The maximum atomic E-state index is 14.4. The molecule has 0 spiro atoms. The van der Waals surface area contributed by atoms with Crippen LogP contribution in [0.2, 0.25) is 0 Å². The highest BCUT2D eigenvalue weighted by atomic mass is 128. The van der Waals surface area contributed by atoms with E-state index in [0.717, 1.165) is 122 Å². The molecular weight excluding hydrogens is 1450 g/mol. The standard InChI is InChI=1S/C64H60N2O6.C15H10O.C5H12N2O.I2/c1-41-26-50(27-42(2)45(41)5)40-72-63-61(70-38-51-28-43(3)46(6)59(30-51)68-36-48-18-10-8-11-19-48)33-55(64(67)66-65-35-58-56-24-16-14-22-53(56)32-54-23-15-17-25-57(54)58)34-62(63)71-39-52-29-44(4)47(7)60(31-52)69-37-49-20-12-9-13-21-49;16-10-15-13-7-3-1-5-11(13)9-12-6-2-4-8-14(12)15;1-5(2,3)4(8)7-6;1-2/h8-35H,36-40H2,1-7H3,(H,66,67);1-10H;6H2,1-3H3,(H,7,8);/b65-35+;;;. The van der Waals surface area contributed by atoms with Crippen molar-refractivity contribution in [1.82, 2.24) is 10.9 Å². The Hall–Kier alpha value is -9.62. The first-order valence-electron chi connectivity index (χ1n) is 32.3. The van der Waals surface area contributed by atoms with Crippen molar-refractivity contribution in [2.75, 3.05) is 0 Å². The Bertz CT molecular complexity index is 4570. The van der Waals surface area contributed by atoms with Gasteiger partial charge in [-0.1, -0.05) is 203 Å². The van der Waals surface area contributed by atoms with Crippen molar-refractivity contribution in [2.24, 2.45) is 16.4 Å². The Morgan fingerprint density at radius 2 is 0.755 bits per heavy atom. The van der Waals surface area contributed by atoms with Crippen LogP contribution in [0.3, 0.4) is 0 Å². The maximum absolute atomic E-state index is 14.4. The summed E-state index contributed by atoms with van der Waals surface area (Å²) in [5, 5.41) is 13.0. The number of aryl methyl sites for hydroxylation is 4. The van der Waals surface area contributed by atoms with Gasteiger partial charge in [-0.15, -0.1) is 0 Å². The van der Waals surface area contributed by atoms with E-state index in [1.165, 1.54) is 16.7 Å². The lowest BCUT2D eigenvalue weighted by Crippen LogP contribution is -2.39. The van der Waals surface area contributed by atoms with Gasteiger partial charge in [0.05, 0.1) is 6.21 Å². The van der Waals surface area contributed by atoms with E-state index in [9.17, 15) is 14.4 Å². The molecule has 0 aliphatic carbocycles. The number of hydrogen-bond donors (Lipinski definition) is 3. The summed E-state index contributed by atoms with van der Waals surface area (Å²) in [6.45, 7) is 21.4. The zero-order valence-electron chi connectivity index (χ0n) is 57.0. The molecule has 0 heterocycles. The molecular formula is C84H82I2N4O8. The first-order chi connectivity index (χ1) is 47.3. The van der Waals surface area contributed by atoms with E-state index in [4.69, 9.17) is 29.5 Å². The number of aldehydes is 1. The van der Waals surface area contributed by atoms with Crippen LogP contribution in [0.25, 0.3) is 43.1 Å². The van der Waals surface area contributed by atoms with Gasteiger partial charge in [-0.2, -0.15) is 5.10 Å². The third-order valence-corrected chi connectivity index (χ3v) is 17.2. The zero-order valence-corrected chi connectivity index (χ0v) is 61.3. The van der Waals surface area contributed by atoms with E-state index in [-0.39, 0.29) is 36.7 Å². The molecule has 12 aromatic rings. The number of amides is 2. The van der Waals surface area contributed by atoms with Crippen LogP contribution in [0, 0.1) is 53.9 Å². The minimum atomic E-state index is -0.451. The number of halogens is 2. The summed E-state index contributed by atoms with van der Waals surface area (Å²) in [6, 6.07) is 72.7. The van der Waals surface area contributed by atoms with Crippen LogP contribution in [0.4, 0.5) is 0 Å². The van der Waals surface area contributed by atoms with Crippen LogP contribution in [0.1, 0.15) is 114 Å². The maximum Gasteiger partial charge on any atom is 0.271 e. The van der Waals surface area contributed by atoms with Gasteiger partial charge in [0.2, 0.25) is 11.7 Å². The van der Waals surface area contributed by atoms with Crippen molar-refractivity contribution in [2.45, 2.75) is 102 Å². The molecule has 0 bridgehead atoms. The molecule has 0 saturated heterocycles. The molecule has 2 amide bonds. The van der Waals surface area contributed by atoms with E-state index in [1.54, 1.807) is 39.1 Å². The van der Waals surface area contributed by atoms with Crippen molar-refractivity contribution >= 4 is 105 Å². The van der Waals surface area contributed by atoms with Gasteiger partial charge in [-0.25, -0.2) is 11.3 Å². The summed E-state index contributed by atoms with van der Waals surface area (Å²) < 4.78 is 33.1. The zero-order chi connectivity index (χ0) is 69.9. The monoisotopic (exact) mass is 1530 g/mol. The van der Waals surface area contributed by atoms with Gasteiger partial charge < -0.3 is 23.7 Å². The van der Waals surface area contributed by atoms with Crippen LogP contribution in [-0.2, 0) is 37.8 Å². The van der Waals surface area contributed by atoms with Crippen molar-refractivity contribution < 1.29 is 38.1 Å². The lowest BCUT2D eigenvalue weighted by molar-refractivity contribution is -0.128. The van der Waals surface area contributed by atoms with Gasteiger partial charge >= 0.3 is 0 Å². The normalized spacial score (nSPS) is 11.0. The highest BCUT2D eigenvalue weighted by Crippen LogP contribution is 2.42. The van der Waals surface area contributed by atoms with Crippen molar-refractivity contribution in [3.8, 4) is 28.7 Å². The number of carbonyl (C=O) groups excluding carboxylic acids is 3. The third-order valence-electron chi connectivity index (χ3n) is 17.2. The average Bonchev–Trinajstić information content (AvgIpc) is 0.786. The predicted octanol–water partition coefficient (Wildman–Crippen LogP) is 20.4. The quantitative estimate of drug-likeness (QED) is 0.0136. The summed E-state index contributed by atoms with van der Waals surface area (Å²) in [6.07, 6.45) is 2.67. The second-order valence-electron chi connectivity index (χ2n) is 25.1. The number of ether oxygens (including phenoxy) is 5. The fourth-order valence-electron chi connectivity index (χ4n) is 11.3. The van der Waals surface area contributed by atoms with Gasteiger partial charge in [0.25, 0.3) is 5.91 Å². The number of benzene rings is 12. The first kappa shape index (κ1) is 72.6. The van der Waals surface area contributed by atoms with Crippen LogP contribution in [0.15, 0.2) is 223 Å². The molecule has 4 N–H and O–H groups in total. The molecule has 98 heavy (non-hydrogen) atoms. The molecule has 12 rings (SSSR count). The lowest BCUT2D eigenvalue weighted by Gasteiger charge is -2.20. The fourth-order valence-corrected chi connectivity index (χ4v) is 11.3. The molecule has 0 aliphatic rings. The number of fused-ring (bicyclic) bond motifs is 4. The van der Waals surface area contributed by atoms with Crippen molar-refractivity contribution in [3.63, 3.8) is 0 Å². The SMILES string of the molecule is CC(C)(C)C(=O)NN.Cc1cc(COc2c(OCc3cc(C)c(C)c(OCc4ccccc4)c3)cc(C(=O)N/N=C/c3c4ccccc4cc4ccccc34)cc2OCc2cc(C)c(C)c(OCc3ccccc3)c2)cc(C)c1C.II.O=Cc1c2ccccc2cc2ccccc12. The number of hydrazone groups is 1. The van der Waals surface area contributed by atoms with Gasteiger partial charge in [-0.05, 0) is 195 Å². The topological polar surface area (TPSA) is 160 Å². The number of hydrogen-bond acceptors (Lipinski definition) is 10. The molecule has 0 radical (unpaired) electrons. The van der Waals surface area contributed by atoms with Gasteiger partial charge in [0, 0.05) is 59.3 Å². The third kappa shape index (κ3) is 18.7. The number of nitrogens with one attached hydrogen (secondary N) is 2. The minimum Gasteiger partial charge on any atom is -0.489 e. The number of nitrogens with two attached hydrogens (primary N) is 1. The minimum absolute atomic E-state index is 0.141. The highest BCUT2D eigenvalue weighted by molar-refractivity contribution is 15.0. The molecule has 12 aromatic carbocycles. The summed E-state index contributed by atoms with van der Waals surface area (Å²) in [5.41, 5.74) is 19.2. The second-order valence-corrected chi connectivity index (χ2v) is 25.1. The van der Waals surface area contributed by atoms with Crippen molar-refractivity contribution in [1.29, 1.82) is 0 Å². The molecule has 500 valence electrons. The Balaban J connectivity index is 0.000000359. The number of nitrogens with zero attached hydrogens (tertiary/aromatic N) is 1. The molecule has 12 nitrogen and oxygen atoms in total. The fraction of sp³-hybridized carbons (Fsp3) is 0.190. The summed E-state index contributed by atoms with van der Waals surface area (Å²) in [7, 11) is 0. The van der Waals surface area contributed by atoms with Crippen LogP contribution >= 0.6 is 37.2 Å². The molecule has 0 saturated carbocycles. The smallest absolute Gasteiger partial charge is 0.271 e. The first-order valence-corrected chi connectivity index (χ1v) is 38.6. The number of rotatable bonds is 19. The molecule has 0 unspecified atom stereocenters. The largest absolute Gasteiger partial charge is 0.489 e. The van der Waals surface area contributed by atoms with Crippen LogP contribution < -0.4 is 40.4 Å². The summed E-state index contributed by atoms with van der Waals surface area (Å²) in [4.78, 5) is 36.3. The van der Waals surface area contributed by atoms with Crippen LogP contribution in [-0.4, -0.2) is 24.3 Å². The van der Waals surface area contributed by atoms with Crippen LogP contribution in [0.5, 0.6) is 28.7 Å². The molecule has 14 heteroatoms. The van der Waals surface area contributed by atoms with E-state index in [1.807, 2.05) is 146 Å². The second kappa shape index (κ2) is 34.5. The molecule has 0 aromatic heterocycles. The number of hydrazine groups is 1. The Labute approximate surface area is 598 Å². The van der Waals surface area contributed by atoms with Crippen molar-refractivity contribution in [3.05, 3.63) is 302 Å². The molecule has 0 atom stereocenters. The summed E-state index contributed by atoms with van der Waals surface area (Å²) >= 11 is 4.24. The Morgan fingerprint density at radius 1 is 0.418 bits per heavy atom. The van der Waals surface area contributed by atoms with Gasteiger partial charge in [0.1, 0.15) is 44.5 Å². The van der Waals surface area contributed by atoms with E-state index in [2.05, 4.69) is 162 Å². The lowest BCUT2D eigenvalue weighted by atomic mass is 9.96. The Morgan fingerprint density at radius 3 is 1.13 bits per heavy atom. The van der Waals surface area contributed by atoms with E-state index >= 15 is 0 Å². The number of carbonyl (C=O) groups is 3. The van der Waals surface area contributed by atoms with E-state index in [0.29, 0.717) is 30.5 Å². The predicted molar refractivity (Wildman–Crippen MR) is 417 cm³/mol. The Kier molecular flexibility index (Phi) is 25.6. The highest BCUT2D eigenvalue weighted by Gasteiger charge is 2.22.